The molecule has 1 N–H and O–H groups in total. The average molecular weight is 431 g/mol. The molecule has 1 aliphatic carbocycles. The van der Waals surface area contributed by atoms with E-state index in [1.807, 2.05) is 36.4 Å². The molecule has 2 aromatic heterocycles. The molecule has 3 aromatic rings. The summed E-state index contributed by atoms with van der Waals surface area (Å²) in [6.45, 7) is 4.51. The Morgan fingerprint density at radius 1 is 1.22 bits per heavy atom. The quantitative estimate of drug-likeness (QED) is 0.669. The summed E-state index contributed by atoms with van der Waals surface area (Å²) < 4.78 is 18.7. The molecule has 164 valence electrons. The molecule has 0 bridgehead atoms. The number of nitrogens with zero attached hydrogens (tertiary/aromatic N) is 2. The van der Waals surface area contributed by atoms with Crippen LogP contribution in [0.4, 0.5) is 0 Å². The van der Waals surface area contributed by atoms with E-state index < -0.39 is 5.92 Å². The third-order valence-electron chi connectivity index (χ3n) is 6.12. The SMILES string of the molecule is COc1ccc([C@H]2C3=C(CC(C)(C)CC3=O)Oc3ncn(Cc4ccco4)c(=N)c32)cc1. The molecular weight excluding hydrogens is 406 g/mol. The van der Waals surface area contributed by atoms with Crippen molar-refractivity contribution in [3.05, 3.63) is 82.7 Å². The van der Waals surface area contributed by atoms with Crippen LogP contribution in [0.2, 0.25) is 0 Å². The topological polar surface area (TPSA) is 90.3 Å². The maximum absolute atomic E-state index is 13.3. The molecule has 5 rings (SSSR count). The van der Waals surface area contributed by atoms with Gasteiger partial charge < -0.3 is 18.5 Å². The van der Waals surface area contributed by atoms with E-state index in [4.69, 9.17) is 19.3 Å². The molecular formula is C25H25N3O4. The highest BCUT2D eigenvalue weighted by Gasteiger charge is 2.43. The van der Waals surface area contributed by atoms with E-state index in [2.05, 4.69) is 18.8 Å². The molecule has 0 spiro atoms. The number of hydrogen-bond donors (Lipinski definition) is 1. The predicted molar refractivity (Wildman–Crippen MR) is 116 cm³/mol. The van der Waals surface area contributed by atoms with Crippen LogP contribution >= 0.6 is 0 Å². The number of hydrogen-bond acceptors (Lipinski definition) is 6. The Kier molecular flexibility index (Phi) is 4.77. The van der Waals surface area contributed by atoms with Crippen molar-refractivity contribution in [2.75, 3.05) is 7.11 Å². The fraction of sp³-hybridized carbons (Fsp3) is 0.320. The van der Waals surface area contributed by atoms with Crippen LogP contribution in [-0.4, -0.2) is 22.4 Å². The zero-order chi connectivity index (χ0) is 22.5. The highest BCUT2D eigenvalue weighted by Crippen LogP contribution is 2.48. The first-order valence-corrected chi connectivity index (χ1v) is 10.6. The summed E-state index contributed by atoms with van der Waals surface area (Å²) in [6, 6.07) is 11.3. The van der Waals surface area contributed by atoms with E-state index in [1.54, 1.807) is 24.3 Å². The van der Waals surface area contributed by atoms with Crippen molar-refractivity contribution in [3.63, 3.8) is 0 Å². The number of ketones is 1. The van der Waals surface area contributed by atoms with Gasteiger partial charge in [-0.05, 0) is 35.2 Å². The summed E-state index contributed by atoms with van der Waals surface area (Å²) in [7, 11) is 1.62. The Morgan fingerprint density at radius 2 is 2.00 bits per heavy atom. The minimum absolute atomic E-state index is 0.0588. The van der Waals surface area contributed by atoms with E-state index in [9.17, 15) is 4.79 Å². The summed E-state index contributed by atoms with van der Waals surface area (Å²) >= 11 is 0. The van der Waals surface area contributed by atoms with Gasteiger partial charge in [0.25, 0.3) is 0 Å². The maximum atomic E-state index is 13.3. The van der Waals surface area contributed by atoms with Crippen LogP contribution in [0.3, 0.4) is 0 Å². The van der Waals surface area contributed by atoms with Crippen molar-refractivity contribution in [1.29, 1.82) is 5.41 Å². The summed E-state index contributed by atoms with van der Waals surface area (Å²) in [6.07, 6.45) is 4.29. The Bertz CT molecular complexity index is 1270. The number of furan rings is 1. The number of carbonyl (C=O) groups excluding carboxylic acids is 1. The summed E-state index contributed by atoms with van der Waals surface area (Å²) in [5, 5.41) is 8.98. The lowest BCUT2D eigenvalue weighted by molar-refractivity contribution is -0.118. The van der Waals surface area contributed by atoms with E-state index in [0.717, 1.165) is 17.1 Å². The van der Waals surface area contributed by atoms with Crippen LogP contribution in [0.1, 0.15) is 49.5 Å². The molecule has 2 aliphatic rings. The number of rotatable bonds is 4. The Morgan fingerprint density at radius 3 is 2.69 bits per heavy atom. The molecule has 0 amide bonds. The first-order chi connectivity index (χ1) is 15.4. The summed E-state index contributed by atoms with van der Waals surface area (Å²) in [4.78, 5) is 17.9. The third kappa shape index (κ3) is 3.43. The van der Waals surface area contributed by atoms with Gasteiger partial charge >= 0.3 is 0 Å². The molecule has 0 radical (unpaired) electrons. The maximum Gasteiger partial charge on any atom is 0.228 e. The zero-order valence-electron chi connectivity index (χ0n) is 18.3. The number of Topliss-reactive ketones (excluding diaryl/α,β-unsaturated/α-hetero) is 1. The van der Waals surface area contributed by atoms with E-state index in [0.29, 0.717) is 42.2 Å². The second kappa shape index (κ2) is 7.51. The van der Waals surface area contributed by atoms with E-state index in [-0.39, 0.29) is 16.7 Å². The van der Waals surface area contributed by atoms with Gasteiger partial charge in [0.15, 0.2) is 5.78 Å². The second-order valence-corrected chi connectivity index (χ2v) is 9.11. The standard InChI is InChI=1S/C25H25N3O4/c1-25(2)11-18(29)21-19(12-25)32-24-22(20(21)15-6-8-16(30-3)9-7-15)23(26)28(14-27-24)13-17-5-4-10-31-17/h4-10,14,20,26H,11-13H2,1-3H3/t20-/m0/s1. The number of allylic oxidation sites excluding steroid dienone is 2. The Labute approximate surface area is 185 Å². The van der Waals surface area contributed by atoms with Gasteiger partial charge in [-0.2, -0.15) is 0 Å². The van der Waals surface area contributed by atoms with Gasteiger partial charge in [0.1, 0.15) is 29.1 Å². The van der Waals surface area contributed by atoms with Crippen molar-refractivity contribution in [1.82, 2.24) is 9.55 Å². The average Bonchev–Trinajstić information content (AvgIpc) is 3.27. The molecule has 0 saturated heterocycles. The third-order valence-corrected chi connectivity index (χ3v) is 6.12. The highest BCUT2D eigenvalue weighted by molar-refractivity contribution is 6.00. The van der Waals surface area contributed by atoms with Gasteiger partial charge in [-0.25, -0.2) is 4.98 Å². The lowest BCUT2D eigenvalue weighted by atomic mass is 9.70. The monoisotopic (exact) mass is 431 g/mol. The van der Waals surface area contributed by atoms with Crippen LogP contribution < -0.4 is 15.0 Å². The van der Waals surface area contributed by atoms with Gasteiger partial charge in [-0.1, -0.05) is 26.0 Å². The number of aromatic nitrogens is 2. The van der Waals surface area contributed by atoms with Crippen LogP contribution in [0.15, 0.2) is 64.7 Å². The van der Waals surface area contributed by atoms with E-state index >= 15 is 0 Å². The van der Waals surface area contributed by atoms with Gasteiger partial charge in [0.2, 0.25) is 5.88 Å². The highest BCUT2D eigenvalue weighted by atomic mass is 16.5. The number of methoxy groups -OCH3 is 1. The van der Waals surface area contributed by atoms with Crippen molar-refractivity contribution in [2.24, 2.45) is 5.41 Å². The van der Waals surface area contributed by atoms with Gasteiger partial charge in [0, 0.05) is 24.3 Å². The predicted octanol–water partition coefficient (Wildman–Crippen LogP) is 4.18. The van der Waals surface area contributed by atoms with E-state index in [1.165, 1.54) is 0 Å². The number of nitrogens with one attached hydrogen (secondary N) is 1. The molecule has 3 heterocycles. The molecule has 7 nitrogen and oxygen atoms in total. The lowest BCUT2D eigenvalue weighted by Crippen LogP contribution is -2.37. The molecule has 1 aliphatic heterocycles. The lowest BCUT2D eigenvalue weighted by Gasteiger charge is -2.37. The fourth-order valence-electron chi connectivity index (χ4n) is 4.62. The van der Waals surface area contributed by atoms with Crippen LogP contribution in [0.5, 0.6) is 11.6 Å². The van der Waals surface area contributed by atoms with Gasteiger partial charge in [-0.3, -0.25) is 10.2 Å². The van der Waals surface area contributed by atoms with Crippen LogP contribution in [0, 0.1) is 10.8 Å². The first-order valence-electron chi connectivity index (χ1n) is 10.6. The normalized spacial score (nSPS) is 19.2. The summed E-state index contributed by atoms with van der Waals surface area (Å²) in [5.41, 5.74) is 2.19. The van der Waals surface area contributed by atoms with Crippen molar-refractivity contribution >= 4 is 5.78 Å². The first kappa shape index (κ1) is 20.3. The molecule has 32 heavy (non-hydrogen) atoms. The summed E-state index contributed by atoms with van der Waals surface area (Å²) in [5.74, 6) is 2.14. The van der Waals surface area contributed by atoms with Crippen molar-refractivity contribution in [2.45, 2.75) is 39.2 Å². The molecule has 0 fully saturated rings. The Balaban J connectivity index is 1.69. The van der Waals surface area contributed by atoms with Gasteiger partial charge in [-0.15, -0.1) is 0 Å². The molecule has 1 atom stereocenters. The molecule has 1 aromatic carbocycles. The number of ether oxygens (including phenoxy) is 2. The number of benzene rings is 1. The van der Waals surface area contributed by atoms with Crippen LogP contribution in [-0.2, 0) is 11.3 Å². The fourth-order valence-corrected chi connectivity index (χ4v) is 4.62. The van der Waals surface area contributed by atoms with Crippen LogP contribution in [0.25, 0.3) is 0 Å². The zero-order valence-corrected chi connectivity index (χ0v) is 18.3. The van der Waals surface area contributed by atoms with Gasteiger partial charge in [0.05, 0.1) is 25.5 Å². The van der Waals surface area contributed by atoms with Crippen molar-refractivity contribution in [3.8, 4) is 11.6 Å². The molecule has 0 unspecified atom stereocenters. The number of carbonyl (C=O) groups is 1. The second-order valence-electron chi connectivity index (χ2n) is 9.11. The molecule has 0 saturated carbocycles. The number of fused-ring (bicyclic) bond motifs is 1. The Hall–Kier alpha value is -3.61. The smallest absolute Gasteiger partial charge is 0.228 e. The minimum atomic E-state index is -0.424. The largest absolute Gasteiger partial charge is 0.497 e. The minimum Gasteiger partial charge on any atom is -0.497 e. The van der Waals surface area contributed by atoms with Crippen molar-refractivity contribution < 1.29 is 18.7 Å². The molecule has 7 heteroatoms.